The van der Waals surface area contributed by atoms with Crippen molar-refractivity contribution in [3.8, 4) is 66.8 Å². The first-order valence-electron chi connectivity index (χ1n) is 21.6. The summed E-state index contributed by atoms with van der Waals surface area (Å²) in [7, 11) is 0. The van der Waals surface area contributed by atoms with Crippen LogP contribution in [0.4, 0.5) is 0 Å². The van der Waals surface area contributed by atoms with Crippen LogP contribution in [0.2, 0.25) is 0 Å². The Morgan fingerprint density at radius 3 is 0.952 bits per heavy atom. The molecule has 0 radical (unpaired) electrons. The first-order chi connectivity index (χ1) is 30.7. The summed E-state index contributed by atoms with van der Waals surface area (Å²) in [6.07, 6.45) is 0. The predicted octanol–water partition coefficient (Wildman–Crippen LogP) is 17.5. The Hall–Kier alpha value is -8.06. The SMILES string of the molecule is c1ccc(-c2cc(-c3cccc(-c4ccc5ccc6cccc7ccc4c5c67)c3)cc(-c3cc(-c4ccccc4)cc(-c4ccc5ccc6cccc7ccc4c5c67)c3)c2)cc1. The zero-order valence-corrected chi connectivity index (χ0v) is 33.9. The Balaban J connectivity index is 1.01. The average Bonchev–Trinajstić information content (AvgIpc) is 3.35. The van der Waals surface area contributed by atoms with Crippen molar-refractivity contribution >= 4 is 64.6 Å². The first-order valence-corrected chi connectivity index (χ1v) is 21.6. The quantitative estimate of drug-likeness (QED) is 0.147. The molecule has 62 heavy (non-hydrogen) atoms. The highest BCUT2D eigenvalue weighted by Crippen LogP contribution is 2.44. The Morgan fingerprint density at radius 1 is 0.161 bits per heavy atom. The molecule has 0 aliphatic carbocycles. The molecule has 0 atom stereocenters. The van der Waals surface area contributed by atoms with E-state index in [9.17, 15) is 0 Å². The summed E-state index contributed by atoms with van der Waals surface area (Å²) in [6, 6.07) is 85.9. The van der Waals surface area contributed by atoms with Gasteiger partial charge in [-0.25, -0.2) is 0 Å². The zero-order valence-electron chi connectivity index (χ0n) is 33.9. The summed E-state index contributed by atoms with van der Waals surface area (Å²) in [4.78, 5) is 0. The van der Waals surface area contributed by atoms with Gasteiger partial charge in [0, 0.05) is 0 Å². The van der Waals surface area contributed by atoms with Gasteiger partial charge in [-0.15, -0.1) is 0 Å². The summed E-state index contributed by atoms with van der Waals surface area (Å²) in [5, 5.41) is 15.6. The molecule has 286 valence electrons. The maximum absolute atomic E-state index is 2.41. The van der Waals surface area contributed by atoms with Crippen molar-refractivity contribution in [3.63, 3.8) is 0 Å². The van der Waals surface area contributed by atoms with E-state index in [1.807, 2.05) is 0 Å². The highest BCUT2D eigenvalue weighted by Gasteiger charge is 2.17. The summed E-state index contributed by atoms with van der Waals surface area (Å²) in [5.74, 6) is 0. The van der Waals surface area contributed by atoms with Gasteiger partial charge in [-0.3, -0.25) is 0 Å². The van der Waals surface area contributed by atoms with Gasteiger partial charge in [-0.05, 0) is 174 Å². The maximum atomic E-state index is 2.41. The van der Waals surface area contributed by atoms with Crippen molar-refractivity contribution in [3.05, 3.63) is 231 Å². The van der Waals surface area contributed by atoms with E-state index < -0.39 is 0 Å². The number of hydrogen-bond acceptors (Lipinski definition) is 0. The van der Waals surface area contributed by atoms with Crippen molar-refractivity contribution in [1.29, 1.82) is 0 Å². The van der Waals surface area contributed by atoms with Gasteiger partial charge in [0.1, 0.15) is 0 Å². The smallest absolute Gasteiger partial charge is 0.00206 e. The number of hydrogen-bond donors (Lipinski definition) is 0. The second kappa shape index (κ2) is 13.7. The Labute approximate surface area is 360 Å². The Bertz CT molecular complexity index is 3810. The van der Waals surface area contributed by atoms with Crippen LogP contribution in [0.15, 0.2) is 231 Å². The molecule has 0 unspecified atom stereocenters. The van der Waals surface area contributed by atoms with E-state index in [0.29, 0.717) is 0 Å². The van der Waals surface area contributed by atoms with Crippen LogP contribution in [0.5, 0.6) is 0 Å². The fourth-order valence-corrected chi connectivity index (χ4v) is 10.3. The third-order valence-electron chi connectivity index (χ3n) is 13.3. The molecule has 0 amide bonds. The van der Waals surface area contributed by atoms with Crippen LogP contribution in [-0.2, 0) is 0 Å². The minimum Gasteiger partial charge on any atom is -0.0622 e. The number of benzene rings is 13. The second-order valence-electron chi connectivity index (χ2n) is 16.8. The van der Waals surface area contributed by atoms with Crippen LogP contribution in [-0.4, -0.2) is 0 Å². The molecule has 0 aliphatic rings. The fourth-order valence-electron chi connectivity index (χ4n) is 10.3. The third-order valence-corrected chi connectivity index (χ3v) is 13.3. The zero-order chi connectivity index (χ0) is 40.7. The standard InChI is InChI=1S/C62H38/c1-3-10-39(11-4-1)49-33-51(47-18-9-19-48(32-47)55-28-24-45-22-20-41-14-7-16-43-26-30-57(55)61(45)59(41)43)36-52(34-49)53-35-50(40-12-5-2-6-13-40)37-54(38-53)56-29-25-46-23-21-42-15-8-17-44-27-31-58(56)62(46)60(42)44/h1-38H. The molecule has 0 saturated heterocycles. The molecule has 0 fully saturated rings. The van der Waals surface area contributed by atoms with E-state index >= 15 is 0 Å². The molecule has 13 rings (SSSR count). The van der Waals surface area contributed by atoms with E-state index in [0.717, 1.165) is 0 Å². The molecule has 0 N–H and O–H groups in total. The van der Waals surface area contributed by atoms with Gasteiger partial charge >= 0.3 is 0 Å². The molecule has 0 heteroatoms. The Kier molecular flexibility index (Phi) is 7.71. The lowest BCUT2D eigenvalue weighted by molar-refractivity contribution is 1.55. The minimum atomic E-state index is 1.19. The average molecular weight is 783 g/mol. The molecule has 0 heterocycles. The molecule has 0 aromatic heterocycles. The molecule has 0 saturated carbocycles. The lowest BCUT2D eigenvalue weighted by Crippen LogP contribution is -1.91. The van der Waals surface area contributed by atoms with Crippen LogP contribution in [0.1, 0.15) is 0 Å². The van der Waals surface area contributed by atoms with Crippen LogP contribution < -0.4 is 0 Å². The van der Waals surface area contributed by atoms with Crippen molar-refractivity contribution in [1.82, 2.24) is 0 Å². The molecule has 0 aliphatic heterocycles. The molecular weight excluding hydrogens is 745 g/mol. The van der Waals surface area contributed by atoms with E-state index in [-0.39, 0.29) is 0 Å². The highest BCUT2D eigenvalue weighted by atomic mass is 14.2. The normalized spacial score (nSPS) is 11.9. The summed E-state index contributed by atoms with van der Waals surface area (Å²) in [5.41, 5.74) is 14.5. The number of rotatable bonds is 6. The molecular formula is C62H38. The van der Waals surface area contributed by atoms with E-state index in [1.165, 1.54) is 131 Å². The summed E-state index contributed by atoms with van der Waals surface area (Å²) >= 11 is 0. The predicted molar refractivity (Wildman–Crippen MR) is 266 cm³/mol. The highest BCUT2D eigenvalue weighted by molar-refractivity contribution is 6.26. The van der Waals surface area contributed by atoms with Crippen molar-refractivity contribution in [2.75, 3.05) is 0 Å². The fraction of sp³-hybridized carbons (Fsp3) is 0. The van der Waals surface area contributed by atoms with Gasteiger partial charge in [0.25, 0.3) is 0 Å². The van der Waals surface area contributed by atoms with E-state index in [1.54, 1.807) is 0 Å². The largest absolute Gasteiger partial charge is 0.0622 e. The third kappa shape index (κ3) is 5.54. The van der Waals surface area contributed by atoms with Gasteiger partial charge in [-0.1, -0.05) is 188 Å². The lowest BCUT2D eigenvalue weighted by Gasteiger charge is -2.17. The van der Waals surface area contributed by atoms with Gasteiger partial charge in [-0.2, -0.15) is 0 Å². The lowest BCUT2D eigenvalue weighted by atomic mass is 9.86. The monoisotopic (exact) mass is 782 g/mol. The van der Waals surface area contributed by atoms with Gasteiger partial charge in [0.05, 0.1) is 0 Å². The van der Waals surface area contributed by atoms with Crippen LogP contribution in [0.3, 0.4) is 0 Å². The van der Waals surface area contributed by atoms with Gasteiger partial charge in [0.15, 0.2) is 0 Å². The van der Waals surface area contributed by atoms with Crippen molar-refractivity contribution in [2.24, 2.45) is 0 Å². The molecule has 0 spiro atoms. The van der Waals surface area contributed by atoms with E-state index in [2.05, 4.69) is 231 Å². The van der Waals surface area contributed by atoms with Crippen molar-refractivity contribution < 1.29 is 0 Å². The minimum absolute atomic E-state index is 1.19. The first kappa shape index (κ1) is 34.8. The summed E-state index contributed by atoms with van der Waals surface area (Å²) in [6.45, 7) is 0. The molecule has 0 nitrogen and oxygen atoms in total. The second-order valence-corrected chi connectivity index (χ2v) is 16.8. The molecule has 13 aromatic rings. The van der Waals surface area contributed by atoms with Gasteiger partial charge in [0.2, 0.25) is 0 Å². The van der Waals surface area contributed by atoms with Crippen molar-refractivity contribution in [2.45, 2.75) is 0 Å². The van der Waals surface area contributed by atoms with E-state index in [4.69, 9.17) is 0 Å². The Morgan fingerprint density at radius 2 is 0.468 bits per heavy atom. The van der Waals surface area contributed by atoms with Crippen LogP contribution >= 0.6 is 0 Å². The van der Waals surface area contributed by atoms with Crippen LogP contribution in [0.25, 0.3) is 131 Å². The maximum Gasteiger partial charge on any atom is -0.00206 e. The topological polar surface area (TPSA) is 0 Å². The molecule has 13 aromatic carbocycles. The van der Waals surface area contributed by atoms with Crippen LogP contribution in [0, 0.1) is 0 Å². The molecule has 0 bridgehead atoms. The summed E-state index contributed by atoms with van der Waals surface area (Å²) < 4.78 is 0. The van der Waals surface area contributed by atoms with Gasteiger partial charge < -0.3 is 0 Å².